The number of rotatable bonds is 10. The highest BCUT2D eigenvalue weighted by molar-refractivity contribution is 7.99. The van der Waals surface area contributed by atoms with Crippen molar-refractivity contribution >= 4 is 29.5 Å². The molecule has 0 saturated carbocycles. The van der Waals surface area contributed by atoms with E-state index in [9.17, 15) is 24.6 Å². The third-order valence-corrected chi connectivity index (χ3v) is 10.5. The van der Waals surface area contributed by atoms with E-state index in [1.165, 1.54) is 16.7 Å². The molecule has 2 N–H and O–H groups in total. The van der Waals surface area contributed by atoms with Crippen molar-refractivity contribution in [2.24, 2.45) is 5.92 Å². The summed E-state index contributed by atoms with van der Waals surface area (Å²) in [5.74, 6) is -1.12. The van der Waals surface area contributed by atoms with Gasteiger partial charge in [0.2, 0.25) is 0 Å². The third-order valence-electron chi connectivity index (χ3n) is 9.36. The first-order valence-electron chi connectivity index (χ1n) is 16.4. The van der Waals surface area contributed by atoms with Gasteiger partial charge in [-0.1, -0.05) is 104 Å². The number of nitrogens with zero attached hydrogens (tertiary/aromatic N) is 1. The molecular weight excluding hydrogens is 651 g/mol. The summed E-state index contributed by atoms with van der Waals surface area (Å²) in [5, 5.41) is 19.3. The highest BCUT2D eigenvalue weighted by Crippen LogP contribution is 2.43. The number of amides is 2. The molecule has 1 fully saturated rings. The summed E-state index contributed by atoms with van der Waals surface area (Å²) < 4.78 is 13.2. The quantitative estimate of drug-likeness (QED) is 0.113. The van der Waals surface area contributed by atoms with Gasteiger partial charge in [0.25, 0.3) is 11.8 Å². The van der Waals surface area contributed by atoms with Crippen molar-refractivity contribution in [3.63, 3.8) is 0 Å². The molecular formula is C41H35NO7S. The molecule has 2 aliphatic rings. The van der Waals surface area contributed by atoms with Gasteiger partial charge >= 0.3 is 5.97 Å². The fraction of sp³-hybridized carbons (Fsp3) is 0.195. The van der Waals surface area contributed by atoms with E-state index >= 15 is 0 Å². The normalized spacial score (nSPS) is 20.2. The fourth-order valence-electron chi connectivity index (χ4n) is 6.56. The van der Waals surface area contributed by atoms with Crippen LogP contribution in [0.5, 0.6) is 0 Å². The van der Waals surface area contributed by atoms with Crippen molar-refractivity contribution in [2.45, 2.75) is 43.5 Å². The second kappa shape index (κ2) is 14.4. The van der Waals surface area contributed by atoms with Crippen LogP contribution >= 0.6 is 11.8 Å². The summed E-state index contributed by atoms with van der Waals surface area (Å²) in [7, 11) is 0. The first-order chi connectivity index (χ1) is 24.3. The molecule has 0 spiro atoms. The zero-order chi connectivity index (χ0) is 34.8. The zero-order valence-electron chi connectivity index (χ0n) is 27.3. The number of ether oxygens (including phenoxy) is 2. The van der Waals surface area contributed by atoms with Gasteiger partial charge in [0.1, 0.15) is 0 Å². The Kier molecular flexibility index (Phi) is 9.65. The third kappa shape index (κ3) is 6.60. The molecule has 5 aromatic rings. The molecule has 252 valence electrons. The molecule has 2 heterocycles. The fourth-order valence-corrected chi connectivity index (χ4v) is 7.78. The number of imide groups is 1. The van der Waals surface area contributed by atoms with Gasteiger partial charge in [0.05, 0.1) is 42.0 Å². The average Bonchev–Trinajstić information content (AvgIpc) is 3.39. The van der Waals surface area contributed by atoms with E-state index in [-0.39, 0.29) is 48.7 Å². The molecule has 4 unspecified atom stereocenters. The van der Waals surface area contributed by atoms with Crippen LogP contribution in [-0.4, -0.2) is 44.8 Å². The summed E-state index contributed by atoms with van der Waals surface area (Å²) >= 11 is 1.45. The van der Waals surface area contributed by atoms with Crippen molar-refractivity contribution in [1.82, 2.24) is 4.90 Å². The predicted molar refractivity (Wildman–Crippen MR) is 190 cm³/mol. The van der Waals surface area contributed by atoms with Gasteiger partial charge in [0.15, 0.2) is 6.29 Å². The molecule has 2 aliphatic heterocycles. The number of aromatic carboxylic acids is 1. The van der Waals surface area contributed by atoms with Crippen molar-refractivity contribution in [3.05, 3.63) is 160 Å². The number of hydrogen-bond acceptors (Lipinski definition) is 7. The molecule has 7 rings (SSSR count). The number of thioether (sulfide) groups is 1. The van der Waals surface area contributed by atoms with Crippen LogP contribution < -0.4 is 0 Å². The van der Waals surface area contributed by atoms with Gasteiger partial charge in [-0.2, -0.15) is 0 Å². The summed E-state index contributed by atoms with van der Waals surface area (Å²) in [6.45, 7) is 2.17. The summed E-state index contributed by atoms with van der Waals surface area (Å²) in [4.78, 5) is 40.0. The molecule has 0 radical (unpaired) electrons. The Morgan fingerprint density at radius 2 is 1.34 bits per heavy atom. The van der Waals surface area contributed by atoms with Crippen LogP contribution in [0.1, 0.15) is 72.6 Å². The van der Waals surface area contributed by atoms with Crippen LogP contribution in [0, 0.1) is 5.92 Å². The smallest absolute Gasteiger partial charge is 0.336 e. The van der Waals surface area contributed by atoms with Crippen LogP contribution in [0.2, 0.25) is 0 Å². The number of fused-ring (bicyclic) bond motifs is 1. The lowest BCUT2D eigenvalue weighted by atomic mass is 9.91. The average molecular weight is 686 g/mol. The van der Waals surface area contributed by atoms with Crippen molar-refractivity contribution < 1.29 is 34.1 Å². The number of carbonyl (C=O) groups is 3. The lowest BCUT2D eigenvalue weighted by Crippen LogP contribution is -2.38. The van der Waals surface area contributed by atoms with Gasteiger partial charge in [-0.05, 0) is 52.1 Å². The summed E-state index contributed by atoms with van der Waals surface area (Å²) in [5.41, 5.74) is 6.35. The second-order valence-electron chi connectivity index (χ2n) is 12.5. The van der Waals surface area contributed by atoms with E-state index < -0.39 is 12.3 Å². The minimum Gasteiger partial charge on any atom is -0.478 e. The maximum Gasteiger partial charge on any atom is 0.336 e. The molecule has 4 atom stereocenters. The first kappa shape index (κ1) is 33.4. The summed E-state index contributed by atoms with van der Waals surface area (Å²) in [6, 6.07) is 37.2. The molecule has 50 heavy (non-hydrogen) atoms. The maximum atomic E-state index is 13.1. The van der Waals surface area contributed by atoms with E-state index in [0.29, 0.717) is 21.8 Å². The highest BCUT2D eigenvalue weighted by atomic mass is 32.2. The molecule has 0 aromatic heterocycles. The minimum absolute atomic E-state index is 0.0525. The SMILES string of the molecule is CC1C(CSc2ccccc2C(=O)O)OC(c2ccc(-c3ccccc3CN3C(=O)c4ccccc4C3=O)cc2)OC1c1ccc(CO)cc1. The largest absolute Gasteiger partial charge is 0.478 e. The second-order valence-corrected chi connectivity index (χ2v) is 13.5. The van der Waals surface area contributed by atoms with E-state index in [1.807, 2.05) is 84.9 Å². The van der Waals surface area contributed by atoms with Crippen LogP contribution in [0.3, 0.4) is 0 Å². The van der Waals surface area contributed by atoms with Gasteiger partial charge in [-0.3, -0.25) is 14.5 Å². The van der Waals surface area contributed by atoms with Crippen LogP contribution in [0.25, 0.3) is 11.1 Å². The summed E-state index contributed by atoms with van der Waals surface area (Å²) in [6.07, 6.45) is -1.29. The van der Waals surface area contributed by atoms with Gasteiger partial charge < -0.3 is 19.7 Å². The number of benzene rings is 5. The lowest BCUT2D eigenvalue weighted by molar-refractivity contribution is -0.268. The Balaban J connectivity index is 1.14. The van der Waals surface area contributed by atoms with Gasteiger partial charge in [0, 0.05) is 22.1 Å². The Morgan fingerprint density at radius 3 is 2.00 bits per heavy atom. The molecule has 9 heteroatoms. The standard InChI is InChI=1S/C41H35NO7S/c1-25-35(24-50-36-13-7-6-12-34(36)40(46)47)48-41(49-37(25)28-16-14-26(23-43)15-17-28)29-20-18-27(19-21-29)31-9-3-2-8-30(31)22-42-38(44)32-10-4-5-11-33(32)39(42)45/h2-21,25,35,37,41,43H,22-24H2,1H3,(H,46,47). The predicted octanol–water partition coefficient (Wildman–Crippen LogP) is 7.92. The Hall–Kier alpha value is -5.06. The minimum atomic E-state index is -0.973. The molecule has 8 nitrogen and oxygen atoms in total. The van der Waals surface area contributed by atoms with E-state index in [4.69, 9.17) is 9.47 Å². The number of carboxylic acids is 1. The number of carbonyl (C=O) groups excluding carboxylic acids is 2. The molecule has 0 bridgehead atoms. The Bertz CT molecular complexity index is 2010. The molecule has 2 amide bonds. The zero-order valence-corrected chi connectivity index (χ0v) is 28.1. The monoisotopic (exact) mass is 685 g/mol. The van der Waals surface area contributed by atoms with E-state index in [2.05, 4.69) is 6.92 Å². The van der Waals surface area contributed by atoms with Gasteiger partial charge in [-0.25, -0.2) is 4.79 Å². The topological polar surface area (TPSA) is 113 Å². The van der Waals surface area contributed by atoms with Crippen LogP contribution in [0.15, 0.2) is 126 Å². The van der Waals surface area contributed by atoms with E-state index in [1.54, 1.807) is 36.4 Å². The van der Waals surface area contributed by atoms with Crippen molar-refractivity contribution in [1.29, 1.82) is 0 Å². The highest BCUT2D eigenvalue weighted by Gasteiger charge is 2.39. The Morgan fingerprint density at radius 1 is 0.740 bits per heavy atom. The van der Waals surface area contributed by atoms with Gasteiger partial charge in [-0.15, -0.1) is 11.8 Å². The number of carboxylic acid groups (broad SMARTS) is 1. The first-order valence-corrected chi connectivity index (χ1v) is 17.4. The molecule has 5 aromatic carbocycles. The Labute approximate surface area is 294 Å². The van der Waals surface area contributed by atoms with Crippen molar-refractivity contribution in [3.8, 4) is 11.1 Å². The molecule has 0 aliphatic carbocycles. The van der Waals surface area contributed by atoms with Crippen LogP contribution in [-0.2, 0) is 22.6 Å². The van der Waals surface area contributed by atoms with Crippen molar-refractivity contribution in [2.75, 3.05) is 5.75 Å². The van der Waals surface area contributed by atoms with Crippen LogP contribution in [0.4, 0.5) is 0 Å². The number of aliphatic hydroxyl groups excluding tert-OH is 1. The van der Waals surface area contributed by atoms with E-state index in [0.717, 1.165) is 33.4 Å². The number of aliphatic hydroxyl groups is 1. The molecule has 1 saturated heterocycles. The lowest BCUT2D eigenvalue weighted by Gasteiger charge is -2.41. The number of hydrogen-bond donors (Lipinski definition) is 2. The maximum absolute atomic E-state index is 13.1.